The fourth-order valence-electron chi connectivity index (χ4n) is 2.39. The molecular weight excluding hydrogens is 344 g/mol. The fraction of sp³-hybridized carbons (Fsp3) is 0.250. The second-order valence-electron chi connectivity index (χ2n) is 5.39. The summed E-state index contributed by atoms with van der Waals surface area (Å²) in [5.74, 6) is 0.658. The minimum Gasteiger partial charge on any atom is -0.497 e. The molecule has 0 unspecified atom stereocenters. The topological polar surface area (TPSA) is 99.0 Å². The molecule has 8 nitrogen and oxygen atoms in total. The van der Waals surface area contributed by atoms with Crippen LogP contribution in [0.1, 0.15) is 10.4 Å². The zero-order chi connectivity index (χ0) is 18.1. The van der Waals surface area contributed by atoms with Crippen LogP contribution in [-0.4, -0.2) is 37.7 Å². The summed E-state index contributed by atoms with van der Waals surface area (Å²) in [6.45, 7) is 0. The van der Waals surface area contributed by atoms with Crippen LogP contribution in [0.3, 0.4) is 0 Å². The minimum atomic E-state index is -0.451. The monoisotopic (exact) mass is 360 g/mol. The molecule has 0 amide bonds. The molecule has 9 heteroatoms. The van der Waals surface area contributed by atoms with Gasteiger partial charge in [-0.25, -0.2) is 9.78 Å². The Balaban J connectivity index is 1.85. The van der Waals surface area contributed by atoms with Gasteiger partial charge in [0.05, 0.1) is 12.9 Å². The molecule has 0 aliphatic carbocycles. The number of ketones is 1. The summed E-state index contributed by atoms with van der Waals surface area (Å²) in [5, 5.41) is 0.407. The quantitative estimate of drug-likeness (QED) is 0.537. The van der Waals surface area contributed by atoms with Gasteiger partial charge in [0, 0.05) is 19.7 Å². The molecule has 2 aromatic heterocycles. The molecule has 0 bridgehead atoms. The van der Waals surface area contributed by atoms with E-state index in [1.165, 1.54) is 30.5 Å². The van der Waals surface area contributed by atoms with Crippen LogP contribution in [0.5, 0.6) is 5.75 Å². The number of hydrogen-bond acceptors (Lipinski definition) is 6. The van der Waals surface area contributed by atoms with E-state index in [0.717, 1.165) is 4.57 Å². The Morgan fingerprint density at radius 1 is 1.28 bits per heavy atom. The lowest BCUT2D eigenvalue weighted by atomic mass is 10.1. The van der Waals surface area contributed by atoms with Crippen LogP contribution in [0.2, 0.25) is 0 Å². The average Bonchev–Trinajstić information content (AvgIpc) is 3.07. The Kier molecular flexibility index (Phi) is 4.49. The number of carbonyl (C=O) groups excluding carboxylic acids is 1. The molecule has 0 fully saturated rings. The summed E-state index contributed by atoms with van der Waals surface area (Å²) < 4.78 is 7.41. The highest BCUT2D eigenvalue weighted by Gasteiger charge is 2.15. The van der Waals surface area contributed by atoms with E-state index in [0.29, 0.717) is 16.5 Å². The number of hydrogen-bond donors (Lipinski definition) is 1. The Morgan fingerprint density at radius 3 is 2.76 bits per heavy atom. The van der Waals surface area contributed by atoms with Crippen molar-refractivity contribution in [3.8, 4) is 5.75 Å². The third kappa shape index (κ3) is 3.10. The largest absolute Gasteiger partial charge is 0.497 e. The summed E-state index contributed by atoms with van der Waals surface area (Å²) >= 11 is 1.17. The van der Waals surface area contributed by atoms with Crippen molar-refractivity contribution in [2.24, 2.45) is 14.1 Å². The lowest BCUT2D eigenvalue weighted by Gasteiger charge is -2.03. The summed E-state index contributed by atoms with van der Waals surface area (Å²) in [6, 6.07) is 6.89. The van der Waals surface area contributed by atoms with Gasteiger partial charge in [0.2, 0.25) is 0 Å². The Hall–Kier alpha value is -2.81. The zero-order valence-corrected chi connectivity index (χ0v) is 14.7. The predicted molar refractivity (Wildman–Crippen MR) is 94.6 cm³/mol. The van der Waals surface area contributed by atoms with Gasteiger partial charge in [-0.3, -0.25) is 18.7 Å². The summed E-state index contributed by atoms with van der Waals surface area (Å²) in [4.78, 5) is 43.5. The smallest absolute Gasteiger partial charge is 0.332 e. The molecule has 25 heavy (non-hydrogen) atoms. The van der Waals surface area contributed by atoms with Gasteiger partial charge in [0.1, 0.15) is 5.75 Å². The van der Waals surface area contributed by atoms with Gasteiger partial charge >= 0.3 is 5.69 Å². The third-order valence-corrected chi connectivity index (χ3v) is 4.68. The molecule has 0 radical (unpaired) electrons. The normalized spacial score (nSPS) is 11.0. The standard InChI is InChI=1S/C16H16N4O4S/c1-19-13-12(14(22)20(2)16(19)23)17-15(18-13)25-8-11(21)9-5-4-6-10(7-9)24-3/h4-7H,8H2,1-3H3,(H,17,18). The number of methoxy groups -OCH3 is 1. The van der Waals surface area contributed by atoms with Crippen LogP contribution >= 0.6 is 11.8 Å². The van der Waals surface area contributed by atoms with Gasteiger partial charge in [0.15, 0.2) is 22.1 Å². The zero-order valence-electron chi connectivity index (χ0n) is 13.9. The van der Waals surface area contributed by atoms with Crippen LogP contribution < -0.4 is 16.0 Å². The number of aromatic nitrogens is 4. The van der Waals surface area contributed by atoms with E-state index in [1.54, 1.807) is 31.3 Å². The van der Waals surface area contributed by atoms with E-state index in [-0.39, 0.29) is 22.7 Å². The molecule has 0 aliphatic rings. The van der Waals surface area contributed by atoms with Crippen molar-refractivity contribution in [3.05, 3.63) is 50.7 Å². The van der Waals surface area contributed by atoms with Gasteiger partial charge in [-0.05, 0) is 12.1 Å². The number of nitrogens with one attached hydrogen (secondary N) is 1. The number of nitrogens with zero attached hydrogens (tertiary/aromatic N) is 3. The average molecular weight is 360 g/mol. The summed E-state index contributed by atoms with van der Waals surface area (Å²) in [5.41, 5.74) is 0.140. The van der Waals surface area contributed by atoms with Gasteiger partial charge in [-0.1, -0.05) is 23.9 Å². The number of imidazole rings is 1. The maximum Gasteiger partial charge on any atom is 0.332 e. The third-order valence-electron chi connectivity index (χ3n) is 3.80. The number of aromatic amines is 1. The number of benzene rings is 1. The van der Waals surface area contributed by atoms with Crippen molar-refractivity contribution in [3.63, 3.8) is 0 Å². The number of rotatable bonds is 5. The number of H-pyrrole nitrogens is 1. The first kappa shape index (κ1) is 17.0. The Labute approximate surface area is 146 Å². The first-order chi connectivity index (χ1) is 11.9. The van der Waals surface area contributed by atoms with Gasteiger partial charge in [-0.2, -0.15) is 0 Å². The molecule has 0 atom stereocenters. The van der Waals surface area contributed by atoms with Crippen molar-refractivity contribution < 1.29 is 9.53 Å². The van der Waals surface area contributed by atoms with Crippen LogP contribution in [-0.2, 0) is 14.1 Å². The number of Topliss-reactive ketones (excluding diaryl/α,β-unsaturated/α-hetero) is 1. The second-order valence-corrected chi connectivity index (χ2v) is 6.35. The maximum atomic E-state index is 12.3. The molecule has 1 aromatic carbocycles. The maximum absolute atomic E-state index is 12.3. The predicted octanol–water partition coefficient (Wildman–Crippen LogP) is 0.944. The highest BCUT2D eigenvalue weighted by molar-refractivity contribution is 7.99. The van der Waals surface area contributed by atoms with E-state index in [1.807, 2.05) is 0 Å². The highest BCUT2D eigenvalue weighted by Crippen LogP contribution is 2.19. The molecule has 0 spiro atoms. The van der Waals surface area contributed by atoms with Crippen molar-refractivity contribution >= 4 is 28.7 Å². The van der Waals surface area contributed by atoms with Crippen molar-refractivity contribution in [1.29, 1.82) is 0 Å². The number of thioether (sulfide) groups is 1. The second kappa shape index (κ2) is 6.60. The van der Waals surface area contributed by atoms with E-state index in [9.17, 15) is 14.4 Å². The molecule has 0 saturated heterocycles. The molecule has 3 rings (SSSR count). The van der Waals surface area contributed by atoms with Gasteiger partial charge < -0.3 is 9.72 Å². The fourth-order valence-corrected chi connectivity index (χ4v) is 3.15. The number of ether oxygens (including phenoxy) is 1. The van der Waals surface area contributed by atoms with Crippen LogP contribution in [0, 0.1) is 0 Å². The highest BCUT2D eigenvalue weighted by atomic mass is 32.2. The van der Waals surface area contributed by atoms with Crippen LogP contribution in [0.25, 0.3) is 11.2 Å². The van der Waals surface area contributed by atoms with Crippen LogP contribution in [0.4, 0.5) is 0 Å². The van der Waals surface area contributed by atoms with E-state index >= 15 is 0 Å². The first-order valence-electron chi connectivity index (χ1n) is 7.38. The Morgan fingerprint density at radius 2 is 2.04 bits per heavy atom. The lowest BCUT2D eigenvalue weighted by Crippen LogP contribution is -2.36. The molecule has 0 aliphatic heterocycles. The molecule has 3 aromatic rings. The molecule has 0 saturated carbocycles. The SMILES string of the molecule is COc1cccc(C(=O)CSc2nc3c([nH]2)c(=O)n(C)c(=O)n3C)c1. The summed E-state index contributed by atoms with van der Waals surface area (Å²) in [6.07, 6.45) is 0. The number of carbonyl (C=O) groups is 1. The summed E-state index contributed by atoms with van der Waals surface area (Å²) in [7, 11) is 4.49. The number of fused-ring (bicyclic) bond motifs is 1. The van der Waals surface area contributed by atoms with Crippen molar-refractivity contribution in [2.75, 3.05) is 12.9 Å². The van der Waals surface area contributed by atoms with Gasteiger partial charge in [0.25, 0.3) is 5.56 Å². The molecular formula is C16H16N4O4S. The van der Waals surface area contributed by atoms with Crippen molar-refractivity contribution in [2.45, 2.75) is 5.16 Å². The number of aryl methyl sites for hydroxylation is 1. The van der Waals surface area contributed by atoms with E-state index in [2.05, 4.69) is 9.97 Å². The van der Waals surface area contributed by atoms with E-state index < -0.39 is 11.2 Å². The molecule has 2 heterocycles. The van der Waals surface area contributed by atoms with Gasteiger partial charge in [-0.15, -0.1) is 0 Å². The molecule has 130 valence electrons. The first-order valence-corrected chi connectivity index (χ1v) is 8.36. The lowest BCUT2D eigenvalue weighted by molar-refractivity contribution is 0.102. The Bertz CT molecular complexity index is 1080. The molecule has 1 N–H and O–H groups in total. The van der Waals surface area contributed by atoms with E-state index in [4.69, 9.17) is 4.74 Å². The van der Waals surface area contributed by atoms with Crippen molar-refractivity contribution in [1.82, 2.24) is 19.1 Å². The van der Waals surface area contributed by atoms with Crippen LogP contribution in [0.15, 0.2) is 39.0 Å². The minimum absolute atomic E-state index is 0.0915.